The Morgan fingerprint density at radius 1 is 1.16 bits per heavy atom. The standard InChI is InChI=1S/C19H20N2O4/c1-24-19(23)14-25-17-8-5-15(6-9-17)7-10-18(22)21-13-11-16-4-2-3-12-20-16/h2-10,12H,11,13-14H2,1H3,(H,21,22). The Morgan fingerprint density at radius 2 is 1.96 bits per heavy atom. The van der Waals surface area contributed by atoms with Crippen molar-refractivity contribution >= 4 is 18.0 Å². The Kier molecular flexibility index (Phi) is 7.18. The molecule has 1 N–H and O–H groups in total. The molecular formula is C19H20N2O4. The maximum Gasteiger partial charge on any atom is 0.343 e. The van der Waals surface area contributed by atoms with Crippen molar-refractivity contribution in [2.45, 2.75) is 6.42 Å². The van der Waals surface area contributed by atoms with Gasteiger partial charge >= 0.3 is 5.97 Å². The Hall–Kier alpha value is -3.15. The minimum absolute atomic E-state index is 0.135. The van der Waals surface area contributed by atoms with E-state index in [1.165, 1.54) is 13.2 Å². The van der Waals surface area contributed by atoms with Crippen molar-refractivity contribution in [1.82, 2.24) is 10.3 Å². The van der Waals surface area contributed by atoms with Gasteiger partial charge in [0.2, 0.25) is 5.91 Å². The van der Waals surface area contributed by atoms with Crippen LogP contribution in [0.3, 0.4) is 0 Å². The van der Waals surface area contributed by atoms with Crippen LogP contribution in [-0.2, 0) is 20.7 Å². The lowest BCUT2D eigenvalue weighted by atomic mass is 10.2. The molecule has 0 aliphatic rings. The second kappa shape index (κ2) is 9.87. The molecule has 0 unspecified atom stereocenters. The Bertz CT molecular complexity index is 712. The number of amides is 1. The van der Waals surface area contributed by atoms with E-state index in [9.17, 15) is 9.59 Å². The predicted octanol–water partition coefficient (Wildman–Crippen LogP) is 2.01. The second-order valence-corrected chi connectivity index (χ2v) is 5.13. The number of pyridine rings is 1. The van der Waals surface area contributed by atoms with E-state index < -0.39 is 5.97 Å². The summed E-state index contributed by atoms with van der Waals surface area (Å²) < 4.78 is 9.75. The van der Waals surface area contributed by atoms with Crippen LogP contribution in [0.2, 0.25) is 0 Å². The van der Waals surface area contributed by atoms with E-state index >= 15 is 0 Å². The van der Waals surface area contributed by atoms with Gasteiger partial charge in [-0.3, -0.25) is 9.78 Å². The molecule has 0 aliphatic carbocycles. The van der Waals surface area contributed by atoms with E-state index in [2.05, 4.69) is 15.0 Å². The summed E-state index contributed by atoms with van der Waals surface area (Å²) in [7, 11) is 1.31. The molecule has 0 spiro atoms. The number of carbonyl (C=O) groups is 2. The van der Waals surface area contributed by atoms with Crippen LogP contribution < -0.4 is 10.1 Å². The summed E-state index contributed by atoms with van der Waals surface area (Å²) in [5.74, 6) is -0.0457. The summed E-state index contributed by atoms with van der Waals surface area (Å²) in [6.07, 6.45) is 5.60. The van der Waals surface area contributed by atoms with Crippen molar-refractivity contribution in [1.29, 1.82) is 0 Å². The molecule has 6 nitrogen and oxygen atoms in total. The zero-order valence-corrected chi connectivity index (χ0v) is 14.0. The highest BCUT2D eigenvalue weighted by Crippen LogP contribution is 2.13. The highest BCUT2D eigenvalue weighted by Gasteiger charge is 2.01. The topological polar surface area (TPSA) is 77.5 Å². The van der Waals surface area contributed by atoms with Gasteiger partial charge in [-0.2, -0.15) is 0 Å². The number of esters is 1. The van der Waals surface area contributed by atoms with Crippen LogP contribution in [0.1, 0.15) is 11.3 Å². The fourth-order valence-corrected chi connectivity index (χ4v) is 1.97. The lowest BCUT2D eigenvalue weighted by Crippen LogP contribution is -2.23. The van der Waals surface area contributed by atoms with E-state index in [4.69, 9.17) is 4.74 Å². The summed E-state index contributed by atoms with van der Waals surface area (Å²) in [6.45, 7) is 0.394. The van der Waals surface area contributed by atoms with Gasteiger partial charge in [0, 0.05) is 30.9 Å². The van der Waals surface area contributed by atoms with Gasteiger partial charge in [-0.05, 0) is 35.9 Å². The zero-order chi connectivity index (χ0) is 17.9. The number of hydrogen-bond donors (Lipinski definition) is 1. The number of methoxy groups -OCH3 is 1. The predicted molar refractivity (Wildman–Crippen MR) is 93.9 cm³/mol. The molecule has 0 radical (unpaired) electrons. The number of ether oxygens (including phenoxy) is 2. The summed E-state index contributed by atoms with van der Waals surface area (Å²) >= 11 is 0. The van der Waals surface area contributed by atoms with Crippen molar-refractivity contribution in [3.8, 4) is 5.75 Å². The quantitative estimate of drug-likeness (QED) is 0.587. The van der Waals surface area contributed by atoms with E-state index in [1.807, 2.05) is 18.2 Å². The minimum atomic E-state index is -0.439. The van der Waals surface area contributed by atoms with E-state index in [0.717, 1.165) is 11.3 Å². The van der Waals surface area contributed by atoms with Gasteiger partial charge in [0.15, 0.2) is 6.61 Å². The molecular weight excluding hydrogens is 320 g/mol. The van der Waals surface area contributed by atoms with E-state index in [-0.39, 0.29) is 12.5 Å². The number of benzene rings is 1. The molecule has 0 saturated heterocycles. The SMILES string of the molecule is COC(=O)COc1ccc(C=CC(=O)NCCc2ccccn2)cc1. The maximum atomic E-state index is 11.8. The van der Waals surface area contributed by atoms with Crippen molar-refractivity contribution in [3.63, 3.8) is 0 Å². The van der Waals surface area contributed by atoms with Crippen LogP contribution in [0.25, 0.3) is 6.08 Å². The molecule has 1 heterocycles. The number of aromatic nitrogens is 1. The van der Waals surface area contributed by atoms with Gasteiger partial charge in [-0.1, -0.05) is 18.2 Å². The van der Waals surface area contributed by atoms with Crippen LogP contribution in [0.4, 0.5) is 0 Å². The van der Waals surface area contributed by atoms with Crippen LogP contribution in [0, 0.1) is 0 Å². The first-order valence-electron chi connectivity index (χ1n) is 7.83. The molecule has 2 aromatic rings. The Morgan fingerprint density at radius 3 is 2.64 bits per heavy atom. The molecule has 0 atom stereocenters. The van der Waals surface area contributed by atoms with E-state index in [1.54, 1.807) is 36.5 Å². The number of rotatable bonds is 8. The summed E-state index contributed by atoms with van der Waals surface area (Å²) in [6, 6.07) is 12.7. The van der Waals surface area contributed by atoms with Crippen molar-refractivity contribution in [2.24, 2.45) is 0 Å². The number of hydrogen-bond acceptors (Lipinski definition) is 5. The number of carbonyl (C=O) groups excluding carboxylic acids is 2. The van der Waals surface area contributed by atoms with Crippen LogP contribution in [0.15, 0.2) is 54.7 Å². The maximum absolute atomic E-state index is 11.8. The molecule has 1 aromatic heterocycles. The molecule has 0 bridgehead atoms. The van der Waals surface area contributed by atoms with Gasteiger partial charge < -0.3 is 14.8 Å². The van der Waals surface area contributed by atoms with Gasteiger partial charge in [0.05, 0.1) is 7.11 Å². The van der Waals surface area contributed by atoms with Crippen molar-refractivity contribution < 1.29 is 19.1 Å². The first-order valence-corrected chi connectivity index (χ1v) is 7.83. The molecule has 0 aliphatic heterocycles. The van der Waals surface area contributed by atoms with Gasteiger partial charge in [0.1, 0.15) is 5.75 Å². The lowest BCUT2D eigenvalue weighted by molar-refractivity contribution is -0.142. The van der Waals surface area contributed by atoms with Crippen molar-refractivity contribution in [2.75, 3.05) is 20.3 Å². The largest absolute Gasteiger partial charge is 0.482 e. The third kappa shape index (κ3) is 6.87. The highest BCUT2D eigenvalue weighted by molar-refractivity contribution is 5.91. The smallest absolute Gasteiger partial charge is 0.343 e. The molecule has 2 rings (SSSR count). The summed E-state index contributed by atoms with van der Waals surface area (Å²) in [5.41, 5.74) is 1.79. The third-order valence-corrected chi connectivity index (χ3v) is 3.30. The van der Waals surface area contributed by atoms with E-state index in [0.29, 0.717) is 18.7 Å². The van der Waals surface area contributed by atoms with Gasteiger partial charge in [0.25, 0.3) is 0 Å². The second-order valence-electron chi connectivity index (χ2n) is 5.13. The molecule has 0 fully saturated rings. The van der Waals surface area contributed by atoms with Crippen molar-refractivity contribution in [3.05, 3.63) is 66.0 Å². The average molecular weight is 340 g/mol. The molecule has 6 heteroatoms. The summed E-state index contributed by atoms with van der Waals surface area (Å²) in [5, 5.41) is 2.81. The third-order valence-electron chi connectivity index (χ3n) is 3.30. The molecule has 130 valence electrons. The highest BCUT2D eigenvalue weighted by atomic mass is 16.6. The average Bonchev–Trinajstić information content (AvgIpc) is 2.66. The van der Waals surface area contributed by atoms with Crippen LogP contribution in [-0.4, -0.2) is 37.1 Å². The van der Waals surface area contributed by atoms with Gasteiger partial charge in [-0.25, -0.2) is 4.79 Å². The molecule has 0 saturated carbocycles. The Labute approximate surface area is 146 Å². The van der Waals surface area contributed by atoms with Gasteiger partial charge in [-0.15, -0.1) is 0 Å². The molecule has 1 aromatic carbocycles. The normalized spacial score (nSPS) is 10.4. The van der Waals surface area contributed by atoms with Crippen LogP contribution in [0.5, 0.6) is 5.75 Å². The van der Waals surface area contributed by atoms with Crippen LogP contribution >= 0.6 is 0 Å². The molecule has 1 amide bonds. The zero-order valence-electron chi connectivity index (χ0n) is 14.0. The number of nitrogens with zero attached hydrogens (tertiary/aromatic N) is 1. The molecule has 25 heavy (non-hydrogen) atoms. The minimum Gasteiger partial charge on any atom is -0.482 e. The fourth-order valence-electron chi connectivity index (χ4n) is 1.97. The monoisotopic (exact) mass is 340 g/mol. The summed E-state index contributed by atoms with van der Waals surface area (Å²) in [4.78, 5) is 27.0. The number of nitrogens with one attached hydrogen (secondary N) is 1. The Balaban J connectivity index is 1.74. The fraction of sp³-hybridized carbons (Fsp3) is 0.211. The first-order chi connectivity index (χ1) is 12.2. The lowest BCUT2D eigenvalue weighted by Gasteiger charge is -2.04. The first kappa shape index (κ1) is 18.2.